The fraction of sp³-hybridized carbons (Fsp3) is 0.621. The third kappa shape index (κ3) is 3.96. The molecule has 4 fully saturated rings. The van der Waals surface area contributed by atoms with Crippen LogP contribution in [0, 0.1) is 11.8 Å². The molecule has 2 saturated carbocycles. The molecule has 0 spiro atoms. The Morgan fingerprint density at radius 2 is 1.47 bits per heavy atom. The molecule has 0 amide bonds. The summed E-state index contributed by atoms with van der Waals surface area (Å²) >= 11 is 0. The lowest BCUT2D eigenvalue weighted by molar-refractivity contribution is -0.0415. The molecule has 7 heteroatoms. The summed E-state index contributed by atoms with van der Waals surface area (Å²) in [6, 6.07) is 12.0. The predicted octanol–water partition coefficient (Wildman–Crippen LogP) is 5.00. The van der Waals surface area contributed by atoms with Crippen LogP contribution in [0.25, 0.3) is 22.6 Å². The van der Waals surface area contributed by atoms with E-state index in [-0.39, 0.29) is 0 Å². The summed E-state index contributed by atoms with van der Waals surface area (Å²) < 4.78 is 2.34. The Kier molecular flexibility index (Phi) is 5.64. The van der Waals surface area contributed by atoms with Gasteiger partial charge in [-0.05, 0) is 68.9 Å². The number of fused-ring (bicyclic) bond motifs is 5. The van der Waals surface area contributed by atoms with Crippen molar-refractivity contribution in [1.29, 1.82) is 0 Å². The van der Waals surface area contributed by atoms with Gasteiger partial charge >= 0.3 is 5.69 Å². The van der Waals surface area contributed by atoms with E-state index in [1.165, 1.54) is 70.3 Å². The van der Waals surface area contributed by atoms with E-state index in [1.54, 1.807) is 0 Å². The Balaban J connectivity index is 1.25. The van der Waals surface area contributed by atoms with Gasteiger partial charge in [-0.25, -0.2) is 9.78 Å². The molecule has 2 aliphatic carbocycles. The van der Waals surface area contributed by atoms with Crippen LogP contribution in [0.15, 0.2) is 39.9 Å². The third-order valence-corrected chi connectivity index (χ3v) is 9.74. The van der Waals surface area contributed by atoms with Crippen LogP contribution >= 0.6 is 0 Å². The van der Waals surface area contributed by atoms with E-state index in [4.69, 9.17) is 4.98 Å². The zero-order chi connectivity index (χ0) is 24.2. The minimum absolute atomic E-state index is 0.313. The smallest absolute Gasteiger partial charge is 0.319 e. The molecule has 2 saturated heterocycles. The van der Waals surface area contributed by atoms with Crippen molar-refractivity contribution in [2.24, 2.45) is 11.8 Å². The first-order chi connectivity index (χ1) is 17.6. The molecule has 190 valence electrons. The molecule has 0 radical (unpaired) electrons. The number of benzene rings is 1. The molecule has 36 heavy (non-hydrogen) atoms. The lowest BCUT2D eigenvalue weighted by atomic mass is 9.73. The zero-order valence-corrected chi connectivity index (χ0v) is 21.0. The average Bonchev–Trinajstić information content (AvgIpc) is 3.16. The van der Waals surface area contributed by atoms with Crippen molar-refractivity contribution in [3.63, 3.8) is 0 Å². The Morgan fingerprint density at radius 1 is 0.750 bits per heavy atom. The maximum atomic E-state index is 12.2. The normalized spacial score (nSPS) is 32.9. The van der Waals surface area contributed by atoms with Gasteiger partial charge in [0, 0.05) is 30.2 Å². The number of para-hydroxylation sites is 2. The van der Waals surface area contributed by atoms with Gasteiger partial charge in [-0.1, -0.05) is 44.2 Å². The lowest BCUT2D eigenvalue weighted by Gasteiger charge is -2.54. The first kappa shape index (κ1) is 22.5. The van der Waals surface area contributed by atoms with Crippen molar-refractivity contribution in [1.82, 2.24) is 24.4 Å². The SMILES string of the molecule is O=c1cc(-c2nc3ccccc3n2[C@@H]2C[C@H]3CCC[C@@H](C2)N3[C@H]2C[C@@H]3CCCC[C@@H](C3)C2)[nH]c(=O)[nH]1. The zero-order valence-electron chi connectivity index (χ0n) is 21.0. The highest BCUT2D eigenvalue weighted by Crippen LogP contribution is 2.47. The monoisotopic (exact) mass is 487 g/mol. The van der Waals surface area contributed by atoms with Gasteiger partial charge in [0.2, 0.25) is 0 Å². The molecule has 4 heterocycles. The quantitative estimate of drug-likeness (QED) is 0.545. The van der Waals surface area contributed by atoms with Gasteiger partial charge in [0.05, 0.1) is 16.7 Å². The number of hydrogen-bond acceptors (Lipinski definition) is 4. The van der Waals surface area contributed by atoms with Crippen LogP contribution in [0.3, 0.4) is 0 Å². The minimum Gasteiger partial charge on any atom is -0.319 e. The molecule has 6 atom stereocenters. The summed E-state index contributed by atoms with van der Waals surface area (Å²) in [7, 11) is 0. The second kappa shape index (κ2) is 9.02. The molecule has 0 unspecified atom stereocenters. The third-order valence-electron chi connectivity index (χ3n) is 9.74. The van der Waals surface area contributed by atoms with Gasteiger partial charge in [0.25, 0.3) is 5.56 Å². The Bertz CT molecular complexity index is 1320. The number of aromatic amines is 2. The summed E-state index contributed by atoms with van der Waals surface area (Å²) in [5.74, 6) is 2.58. The number of nitrogens with zero attached hydrogens (tertiary/aromatic N) is 3. The topological polar surface area (TPSA) is 86.8 Å². The molecule has 4 aliphatic rings. The Hall–Kier alpha value is -2.67. The second-order valence-electron chi connectivity index (χ2n) is 12.0. The molecule has 4 bridgehead atoms. The molecular formula is C29H37N5O2. The van der Waals surface area contributed by atoms with E-state index in [9.17, 15) is 9.59 Å². The molecule has 1 aromatic carbocycles. The van der Waals surface area contributed by atoms with Gasteiger partial charge in [-0.3, -0.25) is 14.7 Å². The fourth-order valence-electron chi connectivity index (χ4n) is 8.50. The van der Waals surface area contributed by atoms with Crippen LogP contribution in [-0.4, -0.2) is 42.5 Å². The largest absolute Gasteiger partial charge is 0.326 e. The van der Waals surface area contributed by atoms with Crippen LogP contribution in [0.5, 0.6) is 0 Å². The molecule has 7 nitrogen and oxygen atoms in total. The van der Waals surface area contributed by atoms with Crippen molar-refractivity contribution in [2.45, 2.75) is 101 Å². The number of aromatic nitrogens is 4. The van der Waals surface area contributed by atoms with Gasteiger partial charge in [-0.2, -0.15) is 0 Å². The number of nitrogens with one attached hydrogen (secondary N) is 2. The van der Waals surface area contributed by atoms with Crippen LogP contribution in [-0.2, 0) is 0 Å². The summed E-state index contributed by atoms with van der Waals surface area (Å²) in [6.07, 6.45) is 16.2. The summed E-state index contributed by atoms with van der Waals surface area (Å²) in [4.78, 5) is 37.3. The van der Waals surface area contributed by atoms with E-state index in [0.29, 0.717) is 29.6 Å². The van der Waals surface area contributed by atoms with Gasteiger partial charge in [0.1, 0.15) is 0 Å². The summed E-state index contributed by atoms with van der Waals surface area (Å²) in [5, 5.41) is 0. The minimum atomic E-state index is -0.485. The van der Waals surface area contributed by atoms with E-state index < -0.39 is 11.2 Å². The average molecular weight is 488 g/mol. The van der Waals surface area contributed by atoms with Crippen LogP contribution in [0.4, 0.5) is 0 Å². The van der Waals surface area contributed by atoms with Crippen molar-refractivity contribution < 1.29 is 0 Å². The standard InChI is InChI=1S/C29H37N5O2/c35-27-17-25(31-29(36)32-27)28-30-24-10-3-4-11-26(24)34(28)23-15-20-8-5-9-21(16-23)33(20)22-13-18-6-1-2-7-19(12-18)14-22/h3-4,10-11,17-23H,1-2,5-9,12-16H2,(H2,31,32,35,36)/t18-,19+,20-,21+,22+,23-. The summed E-state index contributed by atoms with van der Waals surface area (Å²) in [6.45, 7) is 0. The highest BCUT2D eigenvalue weighted by Gasteiger charge is 2.45. The van der Waals surface area contributed by atoms with E-state index in [1.807, 2.05) is 12.1 Å². The molecular weight excluding hydrogens is 450 g/mol. The van der Waals surface area contributed by atoms with Gasteiger partial charge < -0.3 is 9.55 Å². The van der Waals surface area contributed by atoms with Crippen LogP contribution in [0.1, 0.15) is 83.1 Å². The van der Waals surface area contributed by atoms with E-state index >= 15 is 0 Å². The molecule has 7 rings (SSSR count). The number of imidazole rings is 1. The lowest BCUT2D eigenvalue weighted by Crippen LogP contribution is -2.58. The van der Waals surface area contributed by atoms with Gasteiger partial charge in [0.15, 0.2) is 5.82 Å². The van der Waals surface area contributed by atoms with Crippen molar-refractivity contribution >= 4 is 11.0 Å². The van der Waals surface area contributed by atoms with Crippen LogP contribution < -0.4 is 11.2 Å². The summed E-state index contributed by atoms with van der Waals surface area (Å²) in [5.41, 5.74) is 1.63. The highest BCUT2D eigenvalue weighted by molar-refractivity contribution is 5.80. The molecule has 2 aromatic heterocycles. The maximum Gasteiger partial charge on any atom is 0.326 e. The van der Waals surface area contributed by atoms with Crippen LogP contribution in [0.2, 0.25) is 0 Å². The maximum absolute atomic E-state index is 12.2. The van der Waals surface area contributed by atoms with E-state index in [0.717, 1.165) is 41.8 Å². The highest BCUT2D eigenvalue weighted by atomic mass is 16.2. The van der Waals surface area contributed by atoms with Crippen molar-refractivity contribution in [2.75, 3.05) is 0 Å². The van der Waals surface area contributed by atoms with Crippen molar-refractivity contribution in [3.8, 4) is 11.5 Å². The molecule has 3 aromatic rings. The first-order valence-corrected chi connectivity index (χ1v) is 14.2. The predicted molar refractivity (Wildman–Crippen MR) is 141 cm³/mol. The molecule has 2 N–H and O–H groups in total. The molecule has 2 aliphatic heterocycles. The Morgan fingerprint density at radius 3 is 2.19 bits per heavy atom. The van der Waals surface area contributed by atoms with Gasteiger partial charge in [-0.15, -0.1) is 0 Å². The number of hydrogen-bond donors (Lipinski definition) is 2. The fourth-order valence-corrected chi connectivity index (χ4v) is 8.50. The second-order valence-corrected chi connectivity index (χ2v) is 12.0. The first-order valence-electron chi connectivity index (χ1n) is 14.2. The number of piperidine rings is 2. The van der Waals surface area contributed by atoms with E-state index in [2.05, 4.69) is 31.6 Å². The number of H-pyrrole nitrogens is 2. The number of rotatable bonds is 3. The van der Waals surface area contributed by atoms with Crippen molar-refractivity contribution in [3.05, 3.63) is 51.2 Å². The Labute approximate surface area is 211 Å².